The summed E-state index contributed by atoms with van der Waals surface area (Å²) in [6, 6.07) is 7.18. The molecule has 0 amide bonds. The van der Waals surface area contributed by atoms with Crippen molar-refractivity contribution >= 4 is 43.2 Å². The van der Waals surface area contributed by atoms with Crippen LogP contribution in [-0.4, -0.2) is 11.4 Å². The second kappa shape index (κ2) is 13.2. The molecular weight excluding hydrogens is 383 g/mol. The van der Waals surface area contributed by atoms with Gasteiger partial charge in [-0.25, -0.2) is 4.98 Å². The summed E-state index contributed by atoms with van der Waals surface area (Å²) in [5, 5.41) is 2.70. The molecule has 2 atom stereocenters. The minimum atomic E-state index is -3.27. The third kappa shape index (κ3) is 8.87. The summed E-state index contributed by atoms with van der Waals surface area (Å²) >= 11 is 1.20. The van der Waals surface area contributed by atoms with Gasteiger partial charge in [0.25, 0.3) is 0 Å². The zero-order chi connectivity index (χ0) is 13.8. The van der Waals surface area contributed by atoms with Gasteiger partial charge >= 0.3 is 112 Å². The standard InChI is InChI=1S/C8H6N2O6P2S.3Na/c11-17(12)15-8(16-18(13)14)10-7-9-5-3-1-2-4-6(5)19-7;;;/h1-4,8H,(H,9,10);;;/q;3*+1. The van der Waals surface area contributed by atoms with Crippen LogP contribution in [0.3, 0.4) is 0 Å². The number of rotatable bonds is 6. The maximum absolute atomic E-state index is 10.4. The molecule has 22 heavy (non-hydrogen) atoms. The third-order valence-electron chi connectivity index (χ3n) is 1.90. The molecule has 14 heteroatoms. The Morgan fingerprint density at radius 3 is 2.14 bits per heavy atom. The van der Waals surface area contributed by atoms with Crippen molar-refractivity contribution in [2.45, 2.75) is 6.41 Å². The predicted octanol–water partition coefficient (Wildman–Crippen LogP) is -7.93. The molecule has 100 valence electrons. The summed E-state index contributed by atoms with van der Waals surface area (Å²) in [7, 11) is -6.54. The minimum absolute atomic E-state index is 0. The van der Waals surface area contributed by atoms with Crippen molar-refractivity contribution in [2.75, 3.05) is 5.32 Å². The van der Waals surface area contributed by atoms with Gasteiger partial charge in [0, 0.05) is 0 Å². The number of aromatic nitrogens is 1. The number of fused-ring (bicyclic) bond motifs is 1. The Morgan fingerprint density at radius 1 is 1.09 bits per heavy atom. The fourth-order valence-electron chi connectivity index (χ4n) is 1.26. The smallest absolute Gasteiger partial charge is 0.566 e. The van der Waals surface area contributed by atoms with Crippen LogP contribution in [0.25, 0.3) is 10.2 Å². The number of nitrogens with one attached hydrogen (secondary N) is 1. The first-order valence-corrected chi connectivity index (χ1v) is 7.80. The van der Waals surface area contributed by atoms with Crippen LogP contribution >= 0.6 is 27.8 Å². The molecule has 2 rings (SSSR count). The molecule has 0 spiro atoms. The van der Waals surface area contributed by atoms with Crippen LogP contribution in [0.4, 0.5) is 5.13 Å². The van der Waals surface area contributed by atoms with Crippen molar-refractivity contribution in [3.63, 3.8) is 0 Å². The van der Waals surface area contributed by atoms with Crippen LogP contribution in [0.15, 0.2) is 24.3 Å². The number of thiazole rings is 1. The Morgan fingerprint density at radius 2 is 1.64 bits per heavy atom. The molecule has 1 N–H and O–H groups in total. The number of benzene rings is 1. The van der Waals surface area contributed by atoms with E-state index in [1.54, 1.807) is 12.1 Å². The maximum Gasteiger partial charge on any atom is 1.00 e. The van der Waals surface area contributed by atoms with E-state index in [4.69, 9.17) is 0 Å². The van der Waals surface area contributed by atoms with Gasteiger partial charge < -0.3 is 15.1 Å². The molecule has 0 saturated carbocycles. The Hall–Kier alpha value is 1.95. The second-order valence-corrected chi connectivity index (χ2v) is 5.47. The predicted molar refractivity (Wildman–Crippen MR) is 64.4 cm³/mol. The molecule has 0 aliphatic heterocycles. The number of hydrogen-bond donors (Lipinski definition) is 1. The van der Waals surface area contributed by atoms with E-state index >= 15 is 0 Å². The molecule has 0 saturated heterocycles. The van der Waals surface area contributed by atoms with Gasteiger partial charge in [-0.15, -0.1) is 0 Å². The summed E-state index contributed by atoms with van der Waals surface area (Å²) in [6.07, 6.45) is -1.66. The molecular formula is C8H6N2Na3O6P2S+3. The fourth-order valence-corrected chi connectivity index (χ4v) is 2.71. The van der Waals surface area contributed by atoms with E-state index in [1.165, 1.54) is 11.3 Å². The Kier molecular flexibility index (Phi) is 15.7. The number of nitrogens with zero attached hydrogens (tertiary/aromatic N) is 1. The largest absolute Gasteiger partial charge is 1.00 e. The third-order valence-corrected chi connectivity index (χ3v) is 3.59. The zero-order valence-electron chi connectivity index (χ0n) is 12.1. The van der Waals surface area contributed by atoms with Crippen molar-refractivity contribution in [2.24, 2.45) is 0 Å². The molecule has 1 aromatic carbocycles. The van der Waals surface area contributed by atoms with Crippen LogP contribution in [0.5, 0.6) is 0 Å². The van der Waals surface area contributed by atoms with Gasteiger partial charge in [0.1, 0.15) is 0 Å². The number of para-hydroxylation sites is 1. The average Bonchev–Trinajstić information content (AvgIpc) is 2.68. The first-order valence-electron chi connectivity index (χ1n) is 4.79. The van der Waals surface area contributed by atoms with Crippen LogP contribution in [-0.2, 0) is 18.2 Å². The van der Waals surface area contributed by atoms with Crippen molar-refractivity contribution < 1.29 is 117 Å². The summed E-state index contributed by atoms with van der Waals surface area (Å²) in [5.41, 5.74) is 0.687. The van der Waals surface area contributed by atoms with Crippen LogP contribution in [0.1, 0.15) is 0 Å². The van der Waals surface area contributed by atoms with E-state index in [1.807, 2.05) is 12.1 Å². The SMILES string of the molecule is O=[P+]([O-])OC(Nc1nc2ccccc2s1)O[P+](=O)[O-].[Na+].[Na+].[Na+]. The van der Waals surface area contributed by atoms with Crippen LogP contribution < -0.4 is 104 Å². The van der Waals surface area contributed by atoms with Crippen molar-refractivity contribution in [1.82, 2.24) is 4.98 Å². The van der Waals surface area contributed by atoms with E-state index < -0.39 is 22.9 Å². The number of anilines is 1. The first-order chi connectivity index (χ1) is 9.04. The topological polar surface area (TPSA) is 124 Å². The van der Waals surface area contributed by atoms with Crippen LogP contribution in [0.2, 0.25) is 0 Å². The van der Waals surface area contributed by atoms with E-state index in [2.05, 4.69) is 19.3 Å². The van der Waals surface area contributed by atoms with Crippen molar-refractivity contribution in [1.29, 1.82) is 0 Å². The monoisotopic (exact) mass is 389 g/mol. The van der Waals surface area contributed by atoms with E-state index in [0.29, 0.717) is 5.52 Å². The normalized spacial score (nSPS) is 12.3. The molecule has 0 aliphatic carbocycles. The van der Waals surface area contributed by atoms with Crippen molar-refractivity contribution in [3.8, 4) is 0 Å². The van der Waals surface area contributed by atoms with Gasteiger partial charge in [0.15, 0.2) is 5.13 Å². The van der Waals surface area contributed by atoms with E-state index in [0.717, 1.165) is 4.70 Å². The van der Waals surface area contributed by atoms with E-state index in [9.17, 15) is 18.9 Å². The molecule has 1 heterocycles. The summed E-state index contributed by atoms with van der Waals surface area (Å²) in [4.78, 5) is 25.0. The first kappa shape index (κ1) is 26.2. The summed E-state index contributed by atoms with van der Waals surface area (Å²) < 4.78 is 30.2. The molecule has 0 bridgehead atoms. The maximum atomic E-state index is 10.4. The van der Waals surface area contributed by atoms with Gasteiger partial charge in [-0.3, -0.25) is 0 Å². The zero-order valence-corrected chi connectivity index (χ0v) is 20.7. The number of hydrogen-bond acceptors (Lipinski definition) is 9. The van der Waals surface area contributed by atoms with Crippen LogP contribution in [0, 0.1) is 0 Å². The Balaban J connectivity index is 0. The Bertz CT molecular complexity index is 584. The fraction of sp³-hybridized carbons (Fsp3) is 0.125. The van der Waals surface area contributed by atoms with Gasteiger partial charge in [0.2, 0.25) is 0 Å². The van der Waals surface area contributed by atoms with Gasteiger partial charge in [-0.1, -0.05) is 32.5 Å². The minimum Gasteiger partial charge on any atom is -0.566 e. The molecule has 0 radical (unpaired) electrons. The van der Waals surface area contributed by atoms with Gasteiger partial charge in [-0.2, -0.15) is 0 Å². The molecule has 8 nitrogen and oxygen atoms in total. The molecule has 1 aromatic heterocycles. The summed E-state index contributed by atoms with van der Waals surface area (Å²) in [5.74, 6) is 0. The Labute approximate surface area is 198 Å². The van der Waals surface area contributed by atoms with Crippen molar-refractivity contribution in [3.05, 3.63) is 24.3 Å². The molecule has 2 unspecified atom stereocenters. The summed E-state index contributed by atoms with van der Waals surface area (Å²) in [6.45, 7) is 0. The quantitative estimate of drug-likeness (QED) is 0.294. The molecule has 0 fully saturated rings. The second-order valence-electron chi connectivity index (χ2n) is 3.12. The van der Waals surface area contributed by atoms with Gasteiger partial charge in [0.05, 0.1) is 10.2 Å². The molecule has 0 aliphatic rings. The molecule has 2 aromatic rings. The van der Waals surface area contributed by atoms with E-state index in [-0.39, 0.29) is 93.8 Å². The van der Waals surface area contributed by atoms with Gasteiger partial charge in [-0.05, 0) is 21.3 Å². The average molecular weight is 389 g/mol.